The first-order valence-corrected chi connectivity index (χ1v) is 11.3. The highest BCUT2D eigenvalue weighted by Gasteiger charge is 2.16. The molecule has 3 rings (SSSR count). The minimum Gasteiger partial charge on any atom is -0.493 e. The van der Waals surface area contributed by atoms with E-state index in [1.54, 1.807) is 24.3 Å². The Hall–Kier alpha value is -1.15. The van der Waals surface area contributed by atoms with Gasteiger partial charge < -0.3 is 10.1 Å². The molecule has 1 saturated carbocycles. The average molecular weight is 382 g/mol. The van der Waals surface area contributed by atoms with Crippen LogP contribution in [-0.2, 0) is 10.0 Å². The van der Waals surface area contributed by atoms with E-state index in [-0.39, 0.29) is 0 Å². The second-order valence-electron chi connectivity index (χ2n) is 7.28. The molecule has 0 radical (unpaired) electrons. The summed E-state index contributed by atoms with van der Waals surface area (Å²) in [7, 11) is -3.46. The Morgan fingerprint density at radius 3 is 2.46 bits per heavy atom. The Morgan fingerprint density at radius 1 is 1.08 bits per heavy atom. The van der Waals surface area contributed by atoms with Crippen molar-refractivity contribution in [3.05, 3.63) is 24.3 Å². The molecule has 1 heterocycles. The number of nitrogens with zero attached hydrogens (tertiary/aromatic N) is 1. The zero-order valence-corrected chi connectivity index (χ0v) is 16.3. The molecule has 2 fully saturated rings. The molecule has 0 amide bonds. The van der Waals surface area contributed by atoms with Crippen LogP contribution in [0.3, 0.4) is 0 Å². The molecule has 146 valence electrons. The number of rotatable bonds is 8. The highest BCUT2D eigenvalue weighted by Crippen LogP contribution is 2.25. The van der Waals surface area contributed by atoms with Crippen molar-refractivity contribution >= 4 is 10.0 Å². The van der Waals surface area contributed by atoms with Crippen LogP contribution in [0.4, 0.5) is 0 Å². The van der Waals surface area contributed by atoms with Gasteiger partial charge in [0, 0.05) is 39.3 Å². The first-order chi connectivity index (χ1) is 12.6. The summed E-state index contributed by atoms with van der Waals surface area (Å²) in [5.41, 5.74) is 0. The van der Waals surface area contributed by atoms with Crippen LogP contribution in [0.25, 0.3) is 0 Å². The molecule has 1 saturated heterocycles. The fourth-order valence-electron chi connectivity index (χ4n) is 3.64. The van der Waals surface area contributed by atoms with Crippen LogP contribution in [0.15, 0.2) is 29.2 Å². The van der Waals surface area contributed by atoms with E-state index < -0.39 is 10.0 Å². The van der Waals surface area contributed by atoms with Crippen LogP contribution in [-0.4, -0.2) is 59.2 Å². The Labute approximate surface area is 157 Å². The van der Waals surface area contributed by atoms with E-state index >= 15 is 0 Å². The Morgan fingerprint density at radius 2 is 1.77 bits per heavy atom. The standard InChI is InChI=1S/C19H31N3O3S/c23-26(24,21-12-15-22-13-10-20-11-14-22)19-8-6-18(7-9-19)25-16-17-4-2-1-3-5-17/h6-9,17,20-21H,1-5,10-16H2. The fraction of sp³-hybridized carbons (Fsp3) is 0.684. The van der Waals surface area contributed by atoms with Crippen LogP contribution < -0.4 is 14.8 Å². The van der Waals surface area contributed by atoms with Crippen molar-refractivity contribution in [3.8, 4) is 5.75 Å². The van der Waals surface area contributed by atoms with Gasteiger partial charge in [-0.15, -0.1) is 0 Å². The molecule has 1 aliphatic heterocycles. The summed E-state index contributed by atoms with van der Waals surface area (Å²) in [6, 6.07) is 6.77. The Balaban J connectivity index is 1.44. The summed E-state index contributed by atoms with van der Waals surface area (Å²) in [5.74, 6) is 1.38. The highest BCUT2D eigenvalue weighted by atomic mass is 32.2. The first-order valence-electron chi connectivity index (χ1n) is 9.79. The molecule has 26 heavy (non-hydrogen) atoms. The Bertz CT molecular complexity index is 636. The van der Waals surface area contributed by atoms with Gasteiger partial charge in [0.2, 0.25) is 10.0 Å². The predicted octanol–water partition coefficient (Wildman–Crippen LogP) is 1.83. The molecule has 2 aliphatic rings. The van der Waals surface area contributed by atoms with E-state index in [0.29, 0.717) is 17.4 Å². The minimum absolute atomic E-state index is 0.294. The van der Waals surface area contributed by atoms with Gasteiger partial charge in [0.05, 0.1) is 11.5 Å². The van der Waals surface area contributed by atoms with Crippen molar-refractivity contribution < 1.29 is 13.2 Å². The molecular formula is C19H31N3O3S. The maximum atomic E-state index is 12.4. The number of hydrogen-bond donors (Lipinski definition) is 2. The molecule has 6 nitrogen and oxygen atoms in total. The smallest absolute Gasteiger partial charge is 0.240 e. The molecule has 7 heteroatoms. The number of piperazine rings is 1. The number of sulfonamides is 1. The van der Waals surface area contributed by atoms with Gasteiger partial charge in [-0.3, -0.25) is 4.90 Å². The molecule has 0 spiro atoms. The number of benzene rings is 1. The first kappa shape index (κ1) is 19.6. The normalized spacial score (nSPS) is 20.2. The van der Waals surface area contributed by atoms with E-state index in [2.05, 4.69) is 14.9 Å². The molecule has 1 aromatic carbocycles. The number of nitrogens with one attached hydrogen (secondary N) is 2. The van der Waals surface area contributed by atoms with Crippen LogP contribution >= 0.6 is 0 Å². The molecule has 0 unspecified atom stereocenters. The molecule has 0 bridgehead atoms. The lowest BCUT2D eigenvalue weighted by Crippen LogP contribution is -2.46. The summed E-state index contributed by atoms with van der Waals surface area (Å²) in [4.78, 5) is 2.56. The van der Waals surface area contributed by atoms with Gasteiger partial charge in [0.25, 0.3) is 0 Å². The topological polar surface area (TPSA) is 70.7 Å². The molecule has 0 aromatic heterocycles. The molecule has 1 aromatic rings. The summed E-state index contributed by atoms with van der Waals surface area (Å²) >= 11 is 0. The zero-order chi connectivity index (χ0) is 18.2. The lowest BCUT2D eigenvalue weighted by atomic mass is 9.90. The van der Waals surface area contributed by atoms with E-state index in [4.69, 9.17) is 4.74 Å². The maximum Gasteiger partial charge on any atom is 0.240 e. The van der Waals surface area contributed by atoms with Crippen molar-refractivity contribution in [2.24, 2.45) is 5.92 Å². The molecule has 2 N–H and O–H groups in total. The summed E-state index contributed by atoms with van der Waals surface area (Å²) < 4.78 is 33.4. The third kappa shape index (κ3) is 5.94. The van der Waals surface area contributed by atoms with Gasteiger partial charge in [-0.05, 0) is 43.0 Å². The molecule has 0 atom stereocenters. The predicted molar refractivity (Wildman–Crippen MR) is 103 cm³/mol. The SMILES string of the molecule is O=S(=O)(NCCN1CCNCC1)c1ccc(OCC2CCCCC2)cc1. The summed E-state index contributed by atoms with van der Waals surface area (Å²) in [6.07, 6.45) is 6.41. The van der Waals surface area contributed by atoms with Crippen molar-refractivity contribution in [1.82, 2.24) is 14.9 Å². The maximum absolute atomic E-state index is 12.4. The molecule has 1 aliphatic carbocycles. The van der Waals surface area contributed by atoms with Crippen LogP contribution in [0.1, 0.15) is 32.1 Å². The van der Waals surface area contributed by atoms with E-state index in [9.17, 15) is 8.42 Å². The van der Waals surface area contributed by atoms with Crippen LogP contribution in [0.5, 0.6) is 5.75 Å². The van der Waals surface area contributed by atoms with Gasteiger partial charge in [0.1, 0.15) is 5.75 Å². The van der Waals surface area contributed by atoms with Gasteiger partial charge in [-0.25, -0.2) is 13.1 Å². The van der Waals surface area contributed by atoms with E-state index in [0.717, 1.165) is 45.1 Å². The second-order valence-corrected chi connectivity index (χ2v) is 9.04. The minimum atomic E-state index is -3.46. The summed E-state index contributed by atoms with van der Waals surface area (Å²) in [5, 5.41) is 3.29. The lowest BCUT2D eigenvalue weighted by Gasteiger charge is -2.27. The monoisotopic (exact) mass is 381 g/mol. The van der Waals surface area contributed by atoms with E-state index in [1.165, 1.54) is 32.1 Å². The van der Waals surface area contributed by atoms with Crippen LogP contribution in [0.2, 0.25) is 0 Å². The van der Waals surface area contributed by atoms with Crippen LogP contribution in [0, 0.1) is 5.92 Å². The van der Waals surface area contributed by atoms with Crippen molar-refractivity contribution in [1.29, 1.82) is 0 Å². The molecular weight excluding hydrogens is 350 g/mol. The quantitative estimate of drug-likeness (QED) is 0.719. The second kappa shape index (κ2) is 9.69. The van der Waals surface area contributed by atoms with Gasteiger partial charge >= 0.3 is 0 Å². The highest BCUT2D eigenvalue weighted by molar-refractivity contribution is 7.89. The zero-order valence-electron chi connectivity index (χ0n) is 15.5. The summed E-state index contributed by atoms with van der Waals surface area (Å²) in [6.45, 7) is 5.77. The number of hydrogen-bond acceptors (Lipinski definition) is 5. The lowest BCUT2D eigenvalue weighted by molar-refractivity contribution is 0.209. The third-order valence-electron chi connectivity index (χ3n) is 5.27. The third-order valence-corrected chi connectivity index (χ3v) is 6.75. The fourth-order valence-corrected chi connectivity index (χ4v) is 4.66. The van der Waals surface area contributed by atoms with E-state index in [1.807, 2.05) is 0 Å². The number of ether oxygens (including phenoxy) is 1. The van der Waals surface area contributed by atoms with Crippen molar-refractivity contribution in [2.45, 2.75) is 37.0 Å². The Kier molecular flexibility index (Phi) is 7.31. The van der Waals surface area contributed by atoms with Crippen molar-refractivity contribution in [3.63, 3.8) is 0 Å². The average Bonchev–Trinajstić information content (AvgIpc) is 2.68. The largest absolute Gasteiger partial charge is 0.493 e. The van der Waals surface area contributed by atoms with Gasteiger partial charge in [0.15, 0.2) is 0 Å². The van der Waals surface area contributed by atoms with Crippen molar-refractivity contribution in [2.75, 3.05) is 45.9 Å². The van der Waals surface area contributed by atoms with Gasteiger partial charge in [-0.2, -0.15) is 0 Å². The van der Waals surface area contributed by atoms with Gasteiger partial charge in [-0.1, -0.05) is 19.3 Å².